The van der Waals surface area contributed by atoms with E-state index in [1.807, 2.05) is 30.3 Å². The first-order valence-electron chi connectivity index (χ1n) is 8.87. The summed E-state index contributed by atoms with van der Waals surface area (Å²) in [6.07, 6.45) is 1.48. The number of rotatable bonds is 4. The van der Waals surface area contributed by atoms with Crippen LogP contribution in [0.3, 0.4) is 0 Å². The lowest BCUT2D eigenvalue weighted by Crippen LogP contribution is -2.44. The summed E-state index contributed by atoms with van der Waals surface area (Å²) >= 11 is 0. The molecular weight excluding hydrogens is 342 g/mol. The number of nitrogens with zero attached hydrogens (tertiary/aromatic N) is 5. The number of benzene rings is 1. The third-order valence-corrected chi connectivity index (χ3v) is 4.61. The van der Waals surface area contributed by atoms with Crippen molar-refractivity contribution in [1.29, 1.82) is 0 Å². The third kappa shape index (κ3) is 3.95. The van der Waals surface area contributed by atoms with E-state index in [9.17, 15) is 4.79 Å². The maximum Gasteiger partial charge on any atom is 0.274 e. The van der Waals surface area contributed by atoms with Crippen LogP contribution in [-0.4, -0.2) is 64.2 Å². The molecule has 1 saturated heterocycles. The van der Waals surface area contributed by atoms with Gasteiger partial charge in [0.2, 0.25) is 0 Å². The Morgan fingerprint density at radius 1 is 1.07 bits per heavy atom. The molecule has 27 heavy (non-hydrogen) atoms. The van der Waals surface area contributed by atoms with E-state index in [0.717, 1.165) is 43.3 Å². The van der Waals surface area contributed by atoms with Gasteiger partial charge < -0.3 is 15.1 Å². The number of aromatic nitrogens is 4. The molecular formula is C19H21N7O. The molecule has 1 aliphatic heterocycles. The van der Waals surface area contributed by atoms with Crippen molar-refractivity contribution in [3.05, 3.63) is 54.5 Å². The summed E-state index contributed by atoms with van der Waals surface area (Å²) in [7, 11) is 2.11. The van der Waals surface area contributed by atoms with Crippen LogP contribution < -0.4 is 10.2 Å². The molecule has 0 atom stereocenters. The van der Waals surface area contributed by atoms with Gasteiger partial charge in [0.25, 0.3) is 5.91 Å². The van der Waals surface area contributed by atoms with Crippen molar-refractivity contribution in [3.8, 4) is 11.3 Å². The maximum atomic E-state index is 12.5. The van der Waals surface area contributed by atoms with Gasteiger partial charge in [-0.15, -0.1) is 0 Å². The fraction of sp³-hybridized carbons (Fsp3) is 0.263. The van der Waals surface area contributed by atoms with Crippen LogP contribution in [0.5, 0.6) is 0 Å². The van der Waals surface area contributed by atoms with Gasteiger partial charge in [-0.1, -0.05) is 30.3 Å². The second-order valence-corrected chi connectivity index (χ2v) is 6.54. The van der Waals surface area contributed by atoms with Crippen LogP contribution >= 0.6 is 0 Å². The zero-order chi connectivity index (χ0) is 18.6. The summed E-state index contributed by atoms with van der Waals surface area (Å²) in [5.41, 5.74) is 2.06. The maximum absolute atomic E-state index is 12.5. The molecule has 0 saturated carbocycles. The summed E-state index contributed by atoms with van der Waals surface area (Å²) in [4.78, 5) is 25.5. The number of aromatic amines is 1. The van der Waals surface area contributed by atoms with Crippen molar-refractivity contribution in [2.24, 2.45) is 0 Å². The predicted octanol–water partition coefficient (Wildman–Crippen LogP) is 1.87. The summed E-state index contributed by atoms with van der Waals surface area (Å²) in [5, 5.41) is 9.81. The zero-order valence-corrected chi connectivity index (χ0v) is 15.1. The highest BCUT2D eigenvalue weighted by Crippen LogP contribution is 2.19. The topological polar surface area (TPSA) is 90.0 Å². The molecule has 0 unspecified atom stereocenters. The Balaban J connectivity index is 1.46. The standard InChI is InChI=1S/C19H21N7O/c1-25-7-9-26(10-8-25)18-12-17(20-13-21-18)22-19(27)16-11-15(23-24-16)14-5-3-2-4-6-14/h2-6,11-13H,7-10H2,1H3,(H,23,24)(H,20,21,22,27). The van der Waals surface area contributed by atoms with Crippen LogP contribution in [0.25, 0.3) is 11.3 Å². The van der Waals surface area contributed by atoms with E-state index in [2.05, 4.69) is 42.3 Å². The number of anilines is 2. The number of nitrogens with one attached hydrogen (secondary N) is 2. The van der Waals surface area contributed by atoms with E-state index < -0.39 is 0 Å². The smallest absolute Gasteiger partial charge is 0.274 e. The monoisotopic (exact) mass is 363 g/mol. The largest absolute Gasteiger partial charge is 0.354 e. The lowest BCUT2D eigenvalue weighted by atomic mass is 10.1. The lowest BCUT2D eigenvalue weighted by Gasteiger charge is -2.33. The third-order valence-electron chi connectivity index (χ3n) is 4.61. The molecule has 1 amide bonds. The quantitative estimate of drug-likeness (QED) is 0.735. The number of amides is 1. The molecule has 0 radical (unpaired) electrons. The molecule has 0 bridgehead atoms. The molecule has 1 aliphatic rings. The number of H-pyrrole nitrogens is 1. The number of hydrogen-bond donors (Lipinski definition) is 2. The fourth-order valence-corrected chi connectivity index (χ4v) is 3.00. The lowest BCUT2D eigenvalue weighted by molar-refractivity contribution is 0.102. The van der Waals surface area contributed by atoms with Crippen molar-refractivity contribution in [1.82, 2.24) is 25.1 Å². The van der Waals surface area contributed by atoms with Gasteiger partial charge in [-0.25, -0.2) is 9.97 Å². The van der Waals surface area contributed by atoms with Gasteiger partial charge in [-0.05, 0) is 13.1 Å². The Morgan fingerprint density at radius 3 is 2.63 bits per heavy atom. The Labute approximate surface area is 157 Å². The predicted molar refractivity (Wildman–Crippen MR) is 104 cm³/mol. The number of carbonyl (C=O) groups excluding carboxylic acids is 1. The minimum Gasteiger partial charge on any atom is -0.354 e. The summed E-state index contributed by atoms with van der Waals surface area (Å²) < 4.78 is 0. The average Bonchev–Trinajstić information content (AvgIpc) is 3.20. The molecule has 3 aromatic rings. The van der Waals surface area contributed by atoms with Crippen molar-refractivity contribution in [3.63, 3.8) is 0 Å². The molecule has 8 heteroatoms. The minimum absolute atomic E-state index is 0.285. The van der Waals surface area contributed by atoms with Crippen LogP contribution in [0.15, 0.2) is 48.8 Å². The summed E-state index contributed by atoms with van der Waals surface area (Å²) in [6, 6.07) is 13.2. The highest BCUT2D eigenvalue weighted by atomic mass is 16.2. The van der Waals surface area contributed by atoms with Crippen molar-refractivity contribution >= 4 is 17.5 Å². The Morgan fingerprint density at radius 2 is 1.85 bits per heavy atom. The van der Waals surface area contributed by atoms with E-state index in [0.29, 0.717) is 11.5 Å². The number of hydrogen-bond acceptors (Lipinski definition) is 6. The van der Waals surface area contributed by atoms with E-state index in [1.54, 1.807) is 12.1 Å². The minimum atomic E-state index is -0.285. The molecule has 138 valence electrons. The zero-order valence-electron chi connectivity index (χ0n) is 15.1. The molecule has 8 nitrogen and oxygen atoms in total. The van der Waals surface area contributed by atoms with Crippen LogP contribution in [0.2, 0.25) is 0 Å². The van der Waals surface area contributed by atoms with Crippen molar-refractivity contribution in [2.45, 2.75) is 0 Å². The average molecular weight is 363 g/mol. The molecule has 0 aliphatic carbocycles. The second kappa shape index (κ2) is 7.55. The molecule has 2 N–H and O–H groups in total. The number of piperazine rings is 1. The first-order chi connectivity index (χ1) is 13.2. The first-order valence-corrected chi connectivity index (χ1v) is 8.87. The highest BCUT2D eigenvalue weighted by Gasteiger charge is 2.17. The molecule has 2 aromatic heterocycles. The van der Waals surface area contributed by atoms with Crippen LogP contribution in [0.4, 0.5) is 11.6 Å². The summed E-state index contributed by atoms with van der Waals surface area (Å²) in [6.45, 7) is 3.79. The van der Waals surface area contributed by atoms with Crippen molar-refractivity contribution < 1.29 is 4.79 Å². The van der Waals surface area contributed by atoms with E-state index in [-0.39, 0.29) is 5.91 Å². The van der Waals surface area contributed by atoms with Crippen LogP contribution in [-0.2, 0) is 0 Å². The van der Waals surface area contributed by atoms with Gasteiger partial charge in [0.15, 0.2) is 0 Å². The molecule has 3 heterocycles. The van der Waals surface area contributed by atoms with Gasteiger partial charge in [-0.2, -0.15) is 5.10 Å². The fourth-order valence-electron chi connectivity index (χ4n) is 3.00. The molecule has 1 aromatic carbocycles. The Hall–Kier alpha value is -3.26. The van der Waals surface area contributed by atoms with Gasteiger partial charge in [0, 0.05) is 37.8 Å². The molecule has 1 fully saturated rings. The van der Waals surface area contributed by atoms with Gasteiger partial charge in [-0.3, -0.25) is 9.89 Å². The van der Waals surface area contributed by atoms with E-state index in [1.165, 1.54) is 6.33 Å². The van der Waals surface area contributed by atoms with Crippen LogP contribution in [0.1, 0.15) is 10.5 Å². The SMILES string of the molecule is CN1CCN(c2cc(NC(=O)c3cc(-c4ccccc4)n[nH]3)ncn2)CC1. The highest BCUT2D eigenvalue weighted by molar-refractivity contribution is 6.03. The van der Waals surface area contributed by atoms with Gasteiger partial charge in [0.1, 0.15) is 23.7 Å². The Bertz CT molecular complexity index is 917. The normalized spacial score (nSPS) is 14.9. The number of carbonyl (C=O) groups is 1. The van der Waals surface area contributed by atoms with E-state index in [4.69, 9.17) is 0 Å². The van der Waals surface area contributed by atoms with Crippen LogP contribution in [0, 0.1) is 0 Å². The van der Waals surface area contributed by atoms with Gasteiger partial charge >= 0.3 is 0 Å². The second-order valence-electron chi connectivity index (χ2n) is 6.54. The summed E-state index contributed by atoms with van der Waals surface area (Å²) in [5.74, 6) is 1.01. The Kier molecular flexibility index (Phi) is 4.80. The molecule has 4 rings (SSSR count). The van der Waals surface area contributed by atoms with Crippen molar-refractivity contribution in [2.75, 3.05) is 43.4 Å². The van der Waals surface area contributed by atoms with E-state index >= 15 is 0 Å². The van der Waals surface area contributed by atoms with Gasteiger partial charge in [0.05, 0.1) is 5.69 Å². The molecule has 0 spiro atoms. The number of likely N-dealkylation sites (N-methyl/N-ethyl adjacent to an activating group) is 1. The first kappa shape index (κ1) is 17.2.